The highest BCUT2D eigenvalue weighted by atomic mass is 79.9. The minimum Gasteiger partial charge on any atom is -0.469 e. The molecule has 0 aromatic heterocycles. The number of nitrogens with two attached hydrogens (primary N) is 1. The van der Waals surface area contributed by atoms with Crippen LogP contribution in [0, 0.1) is 5.41 Å². The lowest BCUT2D eigenvalue weighted by molar-refractivity contribution is -0.152. The molecule has 0 radical (unpaired) electrons. The monoisotopic (exact) mass is 363 g/mol. The van der Waals surface area contributed by atoms with E-state index >= 15 is 0 Å². The summed E-state index contributed by atoms with van der Waals surface area (Å²) >= 11 is 6.83. The third-order valence-electron chi connectivity index (χ3n) is 2.78. The number of carbonyl (C=O) groups excluding carboxylic acids is 1. The van der Waals surface area contributed by atoms with Crippen LogP contribution in [0.5, 0.6) is 0 Å². The van der Waals surface area contributed by atoms with E-state index in [0.29, 0.717) is 0 Å². The van der Waals surface area contributed by atoms with Gasteiger partial charge in [0.15, 0.2) is 0 Å². The van der Waals surface area contributed by atoms with Crippen molar-refractivity contribution in [2.24, 2.45) is 11.1 Å². The van der Waals surface area contributed by atoms with Gasteiger partial charge in [0.25, 0.3) is 0 Å². The predicted molar refractivity (Wildman–Crippen MR) is 74.6 cm³/mol. The summed E-state index contributed by atoms with van der Waals surface area (Å²) in [6.45, 7) is 3.55. The van der Waals surface area contributed by atoms with Crippen LogP contribution in [0.15, 0.2) is 27.1 Å². The average Bonchev–Trinajstić information content (AvgIpc) is 2.30. The van der Waals surface area contributed by atoms with Gasteiger partial charge < -0.3 is 10.5 Å². The van der Waals surface area contributed by atoms with E-state index in [9.17, 15) is 4.79 Å². The summed E-state index contributed by atoms with van der Waals surface area (Å²) in [5, 5.41) is 0. The van der Waals surface area contributed by atoms with Crippen molar-refractivity contribution in [3.63, 3.8) is 0 Å². The molecule has 17 heavy (non-hydrogen) atoms. The fourth-order valence-electron chi connectivity index (χ4n) is 1.53. The van der Waals surface area contributed by atoms with Crippen molar-refractivity contribution >= 4 is 37.8 Å². The summed E-state index contributed by atoms with van der Waals surface area (Å²) < 4.78 is 6.58. The van der Waals surface area contributed by atoms with Crippen LogP contribution >= 0.6 is 31.9 Å². The van der Waals surface area contributed by atoms with E-state index in [1.165, 1.54) is 7.11 Å². The first-order valence-corrected chi connectivity index (χ1v) is 6.68. The van der Waals surface area contributed by atoms with Crippen LogP contribution in [0.25, 0.3) is 0 Å². The molecule has 0 unspecified atom stereocenters. The predicted octanol–water partition coefficient (Wildman–Crippen LogP) is 3.41. The summed E-state index contributed by atoms with van der Waals surface area (Å²) in [6.07, 6.45) is 0. The molecule has 0 fully saturated rings. The molecule has 2 N–H and O–H groups in total. The highest BCUT2D eigenvalue weighted by Gasteiger charge is 2.37. The van der Waals surface area contributed by atoms with Gasteiger partial charge in [-0.1, -0.05) is 31.9 Å². The Morgan fingerprint density at radius 1 is 1.41 bits per heavy atom. The van der Waals surface area contributed by atoms with Gasteiger partial charge in [-0.15, -0.1) is 0 Å². The Kier molecular flexibility index (Phi) is 4.75. The van der Waals surface area contributed by atoms with E-state index in [-0.39, 0.29) is 5.97 Å². The van der Waals surface area contributed by atoms with Crippen molar-refractivity contribution in [3.05, 3.63) is 32.7 Å². The van der Waals surface area contributed by atoms with Crippen molar-refractivity contribution < 1.29 is 9.53 Å². The van der Waals surface area contributed by atoms with Gasteiger partial charge in [0.1, 0.15) is 0 Å². The summed E-state index contributed by atoms with van der Waals surface area (Å²) in [5.41, 5.74) is 6.26. The molecule has 0 heterocycles. The van der Waals surface area contributed by atoms with Crippen LogP contribution in [-0.2, 0) is 9.53 Å². The van der Waals surface area contributed by atoms with Gasteiger partial charge in [-0.25, -0.2) is 0 Å². The smallest absolute Gasteiger partial charge is 0.313 e. The van der Waals surface area contributed by atoms with Crippen LogP contribution in [-0.4, -0.2) is 13.1 Å². The van der Waals surface area contributed by atoms with E-state index in [1.54, 1.807) is 13.8 Å². The zero-order valence-electron chi connectivity index (χ0n) is 9.96. The second kappa shape index (κ2) is 5.50. The quantitative estimate of drug-likeness (QED) is 0.836. The normalized spacial score (nSPS) is 13.3. The largest absolute Gasteiger partial charge is 0.469 e. The van der Waals surface area contributed by atoms with Crippen LogP contribution in [0.3, 0.4) is 0 Å². The average molecular weight is 365 g/mol. The molecule has 1 rings (SSSR count). The highest BCUT2D eigenvalue weighted by molar-refractivity contribution is 9.11. The van der Waals surface area contributed by atoms with Crippen LogP contribution in [0.1, 0.15) is 25.5 Å². The SMILES string of the molecule is COC(=O)C(C)(C)[C@@H](N)c1cc(Br)ccc1Br. The van der Waals surface area contributed by atoms with E-state index in [0.717, 1.165) is 14.5 Å². The zero-order valence-corrected chi connectivity index (χ0v) is 13.1. The van der Waals surface area contributed by atoms with Crippen molar-refractivity contribution in [1.29, 1.82) is 0 Å². The second-order valence-corrected chi connectivity index (χ2v) is 6.13. The van der Waals surface area contributed by atoms with Crippen LogP contribution < -0.4 is 5.73 Å². The summed E-state index contributed by atoms with van der Waals surface area (Å²) in [7, 11) is 1.37. The van der Waals surface area contributed by atoms with E-state index in [4.69, 9.17) is 10.5 Å². The van der Waals surface area contributed by atoms with E-state index < -0.39 is 11.5 Å². The Labute approximate surface area is 118 Å². The number of hydrogen-bond donors (Lipinski definition) is 1. The van der Waals surface area contributed by atoms with Gasteiger partial charge in [-0.3, -0.25) is 4.79 Å². The standard InChI is InChI=1S/C12H15Br2NO2/c1-12(2,11(16)17-3)10(15)8-6-7(13)4-5-9(8)14/h4-6,10H,15H2,1-3H3/t10-/m0/s1. The Morgan fingerprint density at radius 3 is 2.53 bits per heavy atom. The second-order valence-electron chi connectivity index (χ2n) is 4.36. The number of benzene rings is 1. The van der Waals surface area contributed by atoms with Gasteiger partial charge in [-0.05, 0) is 37.6 Å². The van der Waals surface area contributed by atoms with Crippen LogP contribution in [0.4, 0.5) is 0 Å². The van der Waals surface area contributed by atoms with Crippen LogP contribution in [0.2, 0.25) is 0 Å². The summed E-state index contributed by atoms with van der Waals surface area (Å²) in [6, 6.07) is 5.26. The van der Waals surface area contributed by atoms with Gasteiger partial charge in [0.2, 0.25) is 0 Å². The number of esters is 1. The lowest BCUT2D eigenvalue weighted by atomic mass is 9.81. The zero-order chi connectivity index (χ0) is 13.2. The first kappa shape index (κ1) is 14.7. The Morgan fingerprint density at radius 2 is 2.00 bits per heavy atom. The molecule has 5 heteroatoms. The maximum absolute atomic E-state index is 11.7. The Bertz CT molecular complexity index is 433. The number of rotatable bonds is 3. The molecule has 1 atom stereocenters. The minimum absolute atomic E-state index is 0.322. The number of hydrogen-bond acceptors (Lipinski definition) is 3. The lowest BCUT2D eigenvalue weighted by Crippen LogP contribution is -2.37. The molecular formula is C12H15Br2NO2. The third kappa shape index (κ3) is 3.09. The maximum Gasteiger partial charge on any atom is 0.313 e. The lowest BCUT2D eigenvalue weighted by Gasteiger charge is -2.29. The van der Waals surface area contributed by atoms with Gasteiger partial charge in [0.05, 0.1) is 12.5 Å². The minimum atomic E-state index is -0.780. The van der Waals surface area contributed by atoms with Crippen molar-refractivity contribution in [2.45, 2.75) is 19.9 Å². The fourth-order valence-corrected chi connectivity index (χ4v) is 2.40. The van der Waals surface area contributed by atoms with Crippen molar-refractivity contribution in [1.82, 2.24) is 0 Å². The Hall–Kier alpha value is -0.390. The molecule has 0 spiro atoms. The molecule has 0 saturated heterocycles. The molecule has 1 aromatic carbocycles. The number of methoxy groups -OCH3 is 1. The van der Waals surface area contributed by atoms with Crippen molar-refractivity contribution in [3.8, 4) is 0 Å². The summed E-state index contributed by atoms with van der Waals surface area (Å²) in [5.74, 6) is -0.322. The molecule has 0 aliphatic heterocycles. The molecule has 3 nitrogen and oxygen atoms in total. The van der Waals surface area contributed by atoms with Gasteiger partial charge >= 0.3 is 5.97 Å². The molecule has 94 valence electrons. The number of halogens is 2. The van der Waals surface area contributed by atoms with Crippen molar-refractivity contribution in [2.75, 3.05) is 7.11 Å². The molecule has 0 saturated carbocycles. The molecule has 0 aliphatic rings. The maximum atomic E-state index is 11.7. The third-order valence-corrected chi connectivity index (χ3v) is 4.00. The summed E-state index contributed by atoms with van der Waals surface area (Å²) in [4.78, 5) is 11.7. The highest BCUT2D eigenvalue weighted by Crippen LogP contribution is 2.37. The molecule has 0 bridgehead atoms. The topological polar surface area (TPSA) is 52.3 Å². The fraction of sp³-hybridized carbons (Fsp3) is 0.417. The molecule has 1 aromatic rings. The number of ether oxygens (including phenoxy) is 1. The molecule has 0 aliphatic carbocycles. The van der Waals surface area contributed by atoms with Gasteiger partial charge in [0, 0.05) is 15.0 Å². The molecule has 0 amide bonds. The first-order chi connectivity index (χ1) is 7.80. The van der Waals surface area contributed by atoms with E-state index in [2.05, 4.69) is 31.9 Å². The van der Waals surface area contributed by atoms with Gasteiger partial charge in [-0.2, -0.15) is 0 Å². The number of carbonyl (C=O) groups is 1. The molecular weight excluding hydrogens is 350 g/mol. The van der Waals surface area contributed by atoms with E-state index in [1.807, 2.05) is 18.2 Å². The first-order valence-electron chi connectivity index (χ1n) is 5.09. The Balaban J connectivity index is 3.15.